The van der Waals surface area contributed by atoms with Gasteiger partial charge in [-0.05, 0) is 47.6 Å². The maximum absolute atomic E-state index is 9.44. The van der Waals surface area contributed by atoms with Crippen molar-refractivity contribution in [2.45, 2.75) is 31.1 Å². The summed E-state index contributed by atoms with van der Waals surface area (Å²) < 4.78 is 0. The maximum Gasteiger partial charge on any atom is 0.102 e. The Kier molecular flexibility index (Phi) is 1.81. The number of hydrogen-bond donors (Lipinski definition) is 1. The fraction of sp³-hybridized carbons (Fsp3) is 0.312. The Bertz CT molecular complexity index is 709. The Morgan fingerprint density at radius 2 is 1.72 bits per heavy atom. The molecular formula is C16H14N2. The van der Waals surface area contributed by atoms with E-state index in [1.165, 1.54) is 35.8 Å². The average Bonchev–Trinajstić information content (AvgIpc) is 3.01. The zero-order valence-electron chi connectivity index (χ0n) is 10.1. The monoisotopic (exact) mass is 234 g/mol. The summed E-state index contributed by atoms with van der Waals surface area (Å²) in [6.07, 6.45) is 3.72. The molecule has 0 heterocycles. The first-order valence-electron chi connectivity index (χ1n) is 6.55. The van der Waals surface area contributed by atoms with Crippen molar-refractivity contribution in [2.24, 2.45) is 0 Å². The number of nitrogen functional groups attached to an aromatic ring is 1. The summed E-state index contributed by atoms with van der Waals surface area (Å²) in [5, 5.41) is 11.8. The maximum atomic E-state index is 9.44. The Labute approximate surface area is 106 Å². The molecule has 2 bridgehead atoms. The third-order valence-corrected chi connectivity index (χ3v) is 4.70. The van der Waals surface area contributed by atoms with Gasteiger partial charge in [0.05, 0.1) is 11.3 Å². The van der Waals surface area contributed by atoms with E-state index in [0.29, 0.717) is 17.5 Å². The Balaban J connectivity index is 2.22. The average molecular weight is 234 g/mol. The minimum Gasteiger partial charge on any atom is -0.397 e. The Morgan fingerprint density at radius 1 is 1.06 bits per heavy atom. The van der Waals surface area contributed by atoms with Crippen LogP contribution in [0, 0.1) is 11.3 Å². The van der Waals surface area contributed by atoms with E-state index in [1.807, 2.05) is 12.1 Å². The van der Waals surface area contributed by atoms with Crippen molar-refractivity contribution in [2.75, 3.05) is 5.73 Å². The van der Waals surface area contributed by atoms with E-state index < -0.39 is 0 Å². The largest absolute Gasteiger partial charge is 0.397 e. The van der Waals surface area contributed by atoms with E-state index in [-0.39, 0.29) is 0 Å². The van der Waals surface area contributed by atoms with Gasteiger partial charge in [-0.15, -0.1) is 0 Å². The molecule has 1 saturated carbocycles. The summed E-state index contributed by atoms with van der Waals surface area (Å²) in [5.41, 5.74) is 10.3. The highest BCUT2D eigenvalue weighted by molar-refractivity contribution is 6.00. The molecule has 2 atom stereocenters. The van der Waals surface area contributed by atoms with Gasteiger partial charge < -0.3 is 5.73 Å². The molecule has 1 fully saturated rings. The Hall–Kier alpha value is -2.01. The fourth-order valence-corrected chi connectivity index (χ4v) is 4.00. The molecule has 0 radical (unpaired) electrons. The summed E-state index contributed by atoms with van der Waals surface area (Å²) in [5.74, 6) is 1.23. The van der Waals surface area contributed by atoms with Gasteiger partial charge in [-0.2, -0.15) is 5.26 Å². The van der Waals surface area contributed by atoms with Crippen LogP contribution >= 0.6 is 0 Å². The molecule has 0 aromatic heterocycles. The minimum atomic E-state index is 0.576. The van der Waals surface area contributed by atoms with E-state index >= 15 is 0 Å². The zero-order valence-corrected chi connectivity index (χ0v) is 10.1. The molecule has 0 amide bonds. The number of benzene rings is 2. The zero-order chi connectivity index (χ0) is 12.3. The third kappa shape index (κ3) is 1.03. The summed E-state index contributed by atoms with van der Waals surface area (Å²) >= 11 is 0. The van der Waals surface area contributed by atoms with Crippen LogP contribution in [0.1, 0.15) is 47.8 Å². The first-order chi connectivity index (χ1) is 8.81. The van der Waals surface area contributed by atoms with Crippen LogP contribution in [-0.2, 0) is 0 Å². The van der Waals surface area contributed by atoms with Gasteiger partial charge in [-0.3, -0.25) is 0 Å². The standard InChI is InChI=1S/C16H14N2/c17-8-13-15-10-6-5-9(7-10)14(15)11-3-1-2-4-12(11)16(13)18/h1-4,9-10H,5-7,18H2/t9-,10-/m0/s1. The highest BCUT2D eigenvalue weighted by Gasteiger charge is 2.40. The summed E-state index contributed by atoms with van der Waals surface area (Å²) in [4.78, 5) is 0. The molecule has 2 heteroatoms. The molecule has 2 nitrogen and oxygen atoms in total. The van der Waals surface area contributed by atoms with E-state index in [1.54, 1.807) is 0 Å². The molecule has 0 saturated heterocycles. The van der Waals surface area contributed by atoms with Crippen LogP contribution in [0.25, 0.3) is 10.8 Å². The molecule has 4 rings (SSSR count). The van der Waals surface area contributed by atoms with E-state index in [4.69, 9.17) is 5.73 Å². The van der Waals surface area contributed by atoms with Gasteiger partial charge in [0, 0.05) is 5.39 Å². The predicted octanol–water partition coefficient (Wildman–Crippen LogP) is 3.66. The lowest BCUT2D eigenvalue weighted by molar-refractivity contribution is 0.720. The van der Waals surface area contributed by atoms with Crippen molar-refractivity contribution in [1.82, 2.24) is 0 Å². The van der Waals surface area contributed by atoms with Crippen molar-refractivity contribution < 1.29 is 0 Å². The summed E-state index contributed by atoms with van der Waals surface area (Å²) in [6, 6.07) is 10.6. The molecule has 2 aromatic carbocycles. The lowest BCUT2D eigenvalue weighted by atomic mass is 9.84. The van der Waals surface area contributed by atoms with Crippen LogP contribution in [0.5, 0.6) is 0 Å². The smallest absolute Gasteiger partial charge is 0.102 e. The van der Waals surface area contributed by atoms with Gasteiger partial charge >= 0.3 is 0 Å². The first kappa shape index (κ1) is 9.96. The van der Waals surface area contributed by atoms with Crippen LogP contribution in [0.2, 0.25) is 0 Å². The number of hydrogen-bond acceptors (Lipinski definition) is 2. The fourth-order valence-electron chi connectivity index (χ4n) is 4.00. The number of nitriles is 1. The van der Waals surface area contributed by atoms with Crippen molar-refractivity contribution in [3.8, 4) is 6.07 Å². The second kappa shape index (κ2) is 3.26. The molecule has 2 aromatic rings. The van der Waals surface area contributed by atoms with Crippen molar-refractivity contribution in [1.29, 1.82) is 5.26 Å². The van der Waals surface area contributed by atoms with E-state index in [0.717, 1.165) is 10.9 Å². The number of nitrogens with zero attached hydrogens (tertiary/aromatic N) is 1. The van der Waals surface area contributed by atoms with Gasteiger partial charge in [-0.1, -0.05) is 24.3 Å². The van der Waals surface area contributed by atoms with E-state index in [2.05, 4.69) is 18.2 Å². The third-order valence-electron chi connectivity index (χ3n) is 4.70. The predicted molar refractivity (Wildman–Crippen MR) is 72.4 cm³/mol. The molecule has 2 aliphatic carbocycles. The number of rotatable bonds is 0. The van der Waals surface area contributed by atoms with Crippen LogP contribution in [0.4, 0.5) is 5.69 Å². The molecule has 2 aliphatic rings. The normalized spacial score (nSPS) is 24.2. The van der Waals surface area contributed by atoms with Crippen molar-refractivity contribution >= 4 is 16.5 Å². The van der Waals surface area contributed by atoms with Gasteiger partial charge in [0.15, 0.2) is 0 Å². The minimum absolute atomic E-state index is 0.576. The second-order valence-electron chi connectivity index (χ2n) is 5.48. The van der Waals surface area contributed by atoms with Gasteiger partial charge in [0.2, 0.25) is 0 Å². The summed E-state index contributed by atoms with van der Waals surface area (Å²) in [6.45, 7) is 0. The van der Waals surface area contributed by atoms with E-state index in [9.17, 15) is 5.26 Å². The topological polar surface area (TPSA) is 49.8 Å². The summed E-state index contributed by atoms with van der Waals surface area (Å²) in [7, 11) is 0. The lowest BCUT2D eigenvalue weighted by Crippen LogP contribution is -2.05. The number of nitrogens with two attached hydrogens (primary N) is 1. The van der Waals surface area contributed by atoms with Crippen LogP contribution in [-0.4, -0.2) is 0 Å². The Morgan fingerprint density at radius 3 is 2.44 bits per heavy atom. The first-order valence-corrected chi connectivity index (χ1v) is 6.55. The van der Waals surface area contributed by atoms with Gasteiger partial charge in [0.25, 0.3) is 0 Å². The lowest BCUT2D eigenvalue weighted by Gasteiger charge is -2.20. The second-order valence-corrected chi connectivity index (χ2v) is 5.48. The number of anilines is 1. The molecule has 0 unspecified atom stereocenters. The molecule has 18 heavy (non-hydrogen) atoms. The molecule has 88 valence electrons. The quantitative estimate of drug-likeness (QED) is 0.707. The molecule has 0 spiro atoms. The van der Waals surface area contributed by atoms with Gasteiger partial charge in [0.1, 0.15) is 6.07 Å². The van der Waals surface area contributed by atoms with Crippen LogP contribution in [0.15, 0.2) is 24.3 Å². The van der Waals surface area contributed by atoms with Crippen LogP contribution in [0.3, 0.4) is 0 Å². The van der Waals surface area contributed by atoms with Crippen molar-refractivity contribution in [3.05, 3.63) is 41.0 Å². The van der Waals surface area contributed by atoms with Crippen LogP contribution < -0.4 is 5.73 Å². The molecule has 2 N–H and O–H groups in total. The molecule has 0 aliphatic heterocycles. The van der Waals surface area contributed by atoms with Gasteiger partial charge in [-0.25, -0.2) is 0 Å². The SMILES string of the molecule is N#Cc1c2c(c3ccccc3c1N)[C@H]1CC[C@H]2C1. The highest BCUT2D eigenvalue weighted by atomic mass is 14.6. The number of fused-ring (bicyclic) bond motifs is 7. The highest BCUT2D eigenvalue weighted by Crippen LogP contribution is 2.57. The van der Waals surface area contributed by atoms with Crippen molar-refractivity contribution in [3.63, 3.8) is 0 Å². The molecular weight excluding hydrogens is 220 g/mol.